The average Bonchev–Trinajstić information content (AvgIpc) is 2.29. The Morgan fingerprint density at radius 3 is 2.56 bits per heavy atom. The molecular weight excluding hydrogens is 208 g/mol. The molecule has 0 amide bonds. The molecule has 0 saturated carbocycles. The molecule has 1 heterocycles. The van der Waals surface area contributed by atoms with Crippen molar-refractivity contribution in [1.82, 2.24) is 9.97 Å². The van der Waals surface area contributed by atoms with Crippen LogP contribution in [0.4, 0.5) is 11.6 Å². The summed E-state index contributed by atoms with van der Waals surface area (Å²) in [5.41, 5.74) is 5.32. The first-order chi connectivity index (χ1) is 7.72. The Balaban J connectivity index is 2.74. The molecule has 6 heteroatoms. The van der Waals surface area contributed by atoms with Gasteiger partial charge < -0.3 is 5.73 Å². The van der Waals surface area contributed by atoms with Gasteiger partial charge in [0.25, 0.3) is 5.56 Å². The van der Waals surface area contributed by atoms with Gasteiger partial charge in [-0.3, -0.25) is 9.78 Å². The summed E-state index contributed by atoms with van der Waals surface area (Å²) in [6.45, 7) is 0. The van der Waals surface area contributed by atoms with Crippen molar-refractivity contribution >= 4 is 11.6 Å². The van der Waals surface area contributed by atoms with E-state index >= 15 is 0 Å². The summed E-state index contributed by atoms with van der Waals surface area (Å²) < 4.78 is 0. The van der Waals surface area contributed by atoms with Crippen LogP contribution in [-0.2, 0) is 0 Å². The Bertz CT molecular complexity index is 577. The number of aromatic amines is 1. The largest absolute Gasteiger partial charge is 0.369 e. The fourth-order valence-electron chi connectivity index (χ4n) is 1.37. The highest BCUT2D eigenvalue weighted by atomic mass is 16.3. The molecule has 16 heavy (non-hydrogen) atoms. The van der Waals surface area contributed by atoms with Gasteiger partial charge in [-0.1, -0.05) is 30.3 Å². The van der Waals surface area contributed by atoms with E-state index in [1.165, 1.54) is 0 Å². The SMILES string of the molecule is Nc1nc(-c2ccccc2)c(N=O)c(=O)[nH]1. The van der Waals surface area contributed by atoms with Crippen molar-refractivity contribution in [3.63, 3.8) is 0 Å². The fourth-order valence-corrected chi connectivity index (χ4v) is 1.37. The van der Waals surface area contributed by atoms with Gasteiger partial charge in [-0.25, -0.2) is 4.98 Å². The fraction of sp³-hybridized carbons (Fsp3) is 0. The van der Waals surface area contributed by atoms with Crippen molar-refractivity contribution in [3.8, 4) is 11.3 Å². The number of nitrogens with zero attached hydrogens (tertiary/aromatic N) is 2. The van der Waals surface area contributed by atoms with Gasteiger partial charge in [0.15, 0.2) is 5.69 Å². The molecule has 0 unspecified atom stereocenters. The zero-order valence-electron chi connectivity index (χ0n) is 8.18. The van der Waals surface area contributed by atoms with Crippen LogP contribution in [0.15, 0.2) is 40.3 Å². The van der Waals surface area contributed by atoms with Gasteiger partial charge >= 0.3 is 0 Å². The molecule has 0 fully saturated rings. The molecule has 80 valence electrons. The van der Waals surface area contributed by atoms with Gasteiger partial charge in [0.2, 0.25) is 5.95 Å². The zero-order chi connectivity index (χ0) is 11.5. The molecule has 0 aliphatic rings. The molecular formula is C10H8N4O2. The third kappa shape index (κ3) is 1.68. The number of H-pyrrole nitrogens is 1. The number of hydrogen-bond acceptors (Lipinski definition) is 5. The first-order valence-electron chi connectivity index (χ1n) is 4.51. The van der Waals surface area contributed by atoms with Crippen molar-refractivity contribution in [2.75, 3.05) is 5.73 Å². The van der Waals surface area contributed by atoms with Crippen LogP contribution in [0.1, 0.15) is 0 Å². The molecule has 0 saturated heterocycles. The molecule has 1 aromatic carbocycles. The number of benzene rings is 1. The van der Waals surface area contributed by atoms with Crippen LogP contribution in [0.3, 0.4) is 0 Å². The molecule has 0 atom stereocenters. The van der Waals surface area contributed by atoms with Crippen molar-refractivity contribution in [2.24, 2.45) is 5.18 Å². The number of anilines is 1. The highest BCUT2D eigenvalue weighted by Gasteiger charge is 2.12. The lowest BCUT2D eigenvalue weighted by molar-refractivity contribution is 1.13. The first kappa shape index (κ1) is 10.0. The van der Waals surface area contributed by atoms with Crippen LogP contribution in [0.2, 0.25) is 0 Å². The Morgan fingerprint density at radius 1 is 1.25 bits per heavy atom. The predicted octanol–water partition coefficient (Wildman–Crippen LogP) is 1.42. The lowest BCUT2D eigenvalue weighted by Gasteiger charge is -2.02. The van der Waals surface area contributed by atoms with Crippen LogP contribution >= 0.6 is 0 Å². The van der Waals surface area contributed by atoms with E-state index in [1.54, 1.807) is 24.3 Å². The molecule has 6 nitrogen and oxygen atoms in total. The lowest BCUT2D eigenvalue weighted by atomic mass is 10.1. The summed E-state index contributed by atoms with van der Waals surface area (Å²) in [7, 11) is 0. The number of rotatable bonds is 2. The Labute approximate surface area is 90.1 Å². The molecule has 2 aromatic rings. The van der Waals surface area contributed by atoms with E-state index in [2.05, 4.69) is 15.1 Å². The average molecular weight is 216 g/mol. The Kier molecular flexibility index (Phi) is 2.47. The summed E-state index contributed by atoms with van der Waals surface area (Å²) >= 11 is 0. The van der Waals surface area contributed by atoms with Gasteiger partial charge in [0.1, 0.15) is 5.69 Å². The monoisotopic (exact) mass is 216 g/mol. The summed E-state index contributed by atoms with van der Waals surface area (Å²) in [6, 6.07) is 8.78. The van der Waals surface area contributed by atoms with E-state index in [4.69, 9.17) is 5.73 Å². The maximum Gasteiger partial charge on any atom is 0.282 e. The van der Waals surface area contributed by atoms with E-state index in [9.17, 15) is 9.70 Å². The number of nitrogen functional groups attached to an aromatic ring is 1. The number of hydrogen-bond donors (Lipinski definition) is 2. The minimum atomic E-state index is -0.638. The number of nitrogens with one attached hydrogen (secondary N) is 1. The van der Waals surface area contributed by atoms with Crippen molar-refractivity contribution in [3.05, 3.63) is 45.6 Å². The maximum absolute atomic E-state index is 11.4. The van der Waals surface area contributed by atoms with E-state index in [-0.39, 0.29) is 17.3 Å². The van der Waals surface area contributed by atoms with Crippen LogP contribution in [0, 0.1) is 4.91 Å². The van der Waals surface area contributed by atoms with E-state index in [1.807, 2.05) is 6.07 Å². The molecule has 0 aliphatic carbocycles. The number of aromatic nitrogens is 2. The maximum atomic E-state index is 11.4. The molecule has 0 bridgehead atoms. The van der Waals surface area contributed by atoms with Crippen molar-refractivity contribution in [1.29, 1.82) is 0 Å². The quantitative estimate of drug-likeness (QED) is 0.741. The van der Waals surface area contributed by atoms with Crippen molar-refractivity contribution in [2.45, 2.75) is 0 Å². The standard InChI is InChI=1S/C10H8N4O2/c11-10-12-7(6-4-2-1-3-5-6)8(14-16)9(15)13-10/h1-5H,(H3,11,12,13,15). The molecule has 3 N–H and O–H groups in total. The van der Waals surface area contributed by atoms with Gasteiger partial charge in [-0.15, -0.1) is 4.91 Å². The predicted molar refractivity (Wildman–Crippen MR) is 60.2 cm³/mol. The molecule has 0 spiro atoms. The normalized spacial score (nSPS) is 10.0. The highest BCUT2D eigenvalue weighted by Crippen LogP contribution is 2.24. The highest BCUT2D eigenvalue weighted by molar-refractivity contribution is 5.71. The minimum absolute atomic E-state index is 0.0451. The van der Waals surface area contributed by atoms with E-state index in [0.717, 1.165) is 0 Å². The summed E-state index contributed by atoms with van der Waals surface area (Å²) in [5.74, 6) is -0.0451. The second-order valence-corrected chi connectivity index (χ2v) is 3.11. The summed E-state index contributed by atoms with van der Waals surface area (Å²) in [6.07, 6.45) is 0. The Hall–Kier alpha value is -2.50. The number of nitrogens with two attached hydrogens (primary N) is 1. The third-order valence-corrected chi connectivity index (χ3v) is 2.05. The second-order valence-electron chi connectivity index (χ2n) is 3.11. The van der Waals surface area contributed by atoms with Crippen LogP contribution < -0.4 is 11.3 Å². The van der Waals surface area contributed by atoms with Gasteiger partial charge in [-0.2, -0.15) is 0 Å². The molecule has 1 aromatic heterocycles. The minimum Gasteiger partial charge on any atom is -0.369 e. The molecule has 2 rings (SSSR count). The van der Waals surface area contributed by atoms with E-state index < -0.39 is 5.56 Å². The molecule has 0 radical (unpaired) electrons. The van der Waals surface area contributed by atoms with Crippen LogP contribution in [0.25, 0.3) is 11.3 Å². The van der Waals surface area contributed by atoms with Crippen LogP contribution in [-0.4, -0.2) is 9.97 Å². The van der Waals surface area contributed by atoms with Crippen LogP contribution in [0.5, 0.6) is 0 Å². The van der Waals surface area contributed by atoms with Crippen molar-refractivity contribution < 1.29 is 0 Å². The third-order valence-electron chi connectivity index (χ3n) is 2.05. The number of nitroso groups, excluding NO2 is 1. The topological polar surface area (TPSA) is 101 Å². The van der Waals surface area contributed by atoms with Gasteiger partial charge in [0.05, 0.1) is 0 Å². The van der Waals surface area contributed by atoms with Gasteiger partial charge in [-0.05, 0) is 5.18 Å². The summed E-state index contributed by atoms with van der Waals surface area (Å²) in [5, 5.41) is 2.68. The Morgan fingerprint density at radius 2 is 1.94 bits per heavy atom. The smallest absolute Gasteiger partial charge is 0.282 e. The van der Waals surface area contributed by atoms with E-state index in [0.29, 0.717) is 5.56 Å². The first-order valence-corrected chi connectivity index (χ1v) is 4.51. The second kappa shape index (κ2) is 3.93. The lowest BCUT2D eigenvalue weighted by Crippen LogP contribution is -2.11. The van der Waals surface area contributed by atoms with Gasteiger partial charge in [0, 0.05) is 5.56 Å². The molecule has 0 aliphatic heterocycles. The zero-order valence-corrected chi connectivity index (χ0v) is 8.18. The summed E-state index contributed by atoms with van der Waals surface area (Å²) in [4.78, 5) is 28.1.